The fourth-order valence-electron chi connectivity index (χ4n) is 0.988. The molecule has 0 bridgehead atoms. The number of nitrogens with one attached hydrogen (secondary N) is 1. The van der Waals surface area contributed by atoms with Crippen molar-refractivity contribution in [3.8, 4) is 0 Å². The van der Waals surface area contributed by atoms with Gasteiger partial charge < -0.3 is 10.1 Å². The van der Waals surface area contributed by atoms with E-state index < -0.39 is 0 Å². The summed E-state index contributed by atoms with van der Waals surface area (Å²) in [6.45, 7) is 12.1. The van der Waals surface area contributed by atoms with E-state index in [9.17, 15) is 4.79 Å². The van der Waals surface area contributed by atoms with Gasteiger partial charge in [0, 0.05) is 6.92 Å². The zero-order valence-electron chi connectivity index (χ0n) is 12.3. The van der Waals surface area contributed by atoms with Gasteiger partial charge in [0.05, 0.1) is 6.61 Å². The van der Waals surface area contributed by atoms with Crippen LogP contribution in [0.4, 0.5) is 0 Å². The van der Waals surface area contributed by atoms with Gasteiger partial charge in [0.2, 0.25) is 0 Å². The number of ether oxygens (including phenoxy) is 1. The van der Waals surface area contributed by atoms with Crippen molar-refractivity contribution < 1.29 is 9.53 Å². The minimum Gasteiger partial charge on any atom is -0.466 e. The van der Waals surface area contributed by atoms with Gasteiger partial charge in [-0.05, 0) is 26.9 Å². The highest BCUT2D eigenvalue weighted by atomic mass is 16.5. The fourth-order valence-corrected chi connectivity index (χ4v) is 0.988. The first-order valence-electron chi connectivity index (χ1n) is 6.44. The maximum Gasteiger partial charge on any atom is 0.302 e. The number of carbonyl (C=O) groups is 1. The largest absolute Gasteiger partial charge is 0.466 e. The summed E-state index contributed by atoms with van der Waals surface area (Å²) >= 11 is 0. The molecule has 3 heteroatoms. The quantitative estimate of drug-likeness (QED) is 0.841. The van der Waals surface area contributed by atoms with Crippen LogP contribution in [-0.4, -0.2) is 25.7 Å². The summed E-state index contributed by atoms with van der Waals surface area (Å²) in [4.78, 5) is 9.82. The third-order valence-electron chi connectivity index (χ3n) is 1.79. The first kappa shape index (κ1) is 19.0. The Bertz CT molecular complexity index is 271. The molecule has 1 N–H and O–H groups in total. The molecule has 0 saturated heterocycles. The molecule has 0 aliphatic carbocycles. The third-order valence-corrected chi connectivity index (χ3v) is 1.79. The van der Waals surface area contributed by atoms with Crippen LogP contribution in [0.1, 0.15) is 33.3 Å². The zero-order chi connectivity index (χ0) is 14.2. The predicted molar refractivity (Wildman–Crippen MR) is 77.7 cm³/mol. The Kier molecular flexibility index (Phi) is 16.5. The van der Waals surface area contributed by atoms with Crippen molar-refractivity contribution in [1.82, 2.24) is 5.32 Å². The summed E-state index contributed by atoms with van der Waals surface area (Å²) in [6.07, 6.45) is 0. The Balaban J connectivity index is 0. The molecule has 1 aromatic rings. The van der Waals surface area contributed by atoms with Gasteiger partial charge in [-0.15, -0.1) is 0 Å². The van der Waals surface area contributed by atoms with E-state index in [1.54, 1.807) is 6.92 Å². The first-order valence-corrected chi connectivity index (χ1v) is 6.44. The number of carbonyl (C=O) groups excluding carboxylic acids is 1. The van der Waals surface area contributed by atoms with Crippen LogP contribution in [0.2, 0.25) is 0 Å². The molecule has 18 heavy (non-hydrogen) atoms. The lowest BCUT2D eigenvalue weighted by molar-refractivity contribution is -0.140. The number of hydrogen-bond acceptors (Lipinski definition) is 3. The highest BCUT2D eigenvalue weighted by molar-refractivity contribution is 5.65. The lowest BCUT2D eigenvalue weighted by Crippen LogP contribution is -2.09. The number of aryl methyl sites for hydroxylation is 1. The van der Waals surface area contributed by atoms with Crippen LogP contribution in [0.3, 0.4) is 0 Å². The minimum absolute atomic E-state index is 0.211. The van der Waals surface area contributed by atoms with Crippen molar-refractivity contribution in [2.75, 3.05) is 19.7 Å². The van der Waals surface area contributed by atoms with E-state index in [1.807, 2.05) is 18.2 Å². The van der Waals surface area contributed by atoms with Crippen LogP contribution in [0, 0.1) is 6.92 Å². The van der Waals surface area contributed by atoms with Gasteiger partial charge in [0.15, 0.2) is 0 Å². The standard InChI is InChI=1S/C7H8.C4H11N.C4H8O2/c1-7-5-3-2-4-6-7;1-3-5-4-2;1-3-6-4(2)5/h2-6H,1H3;5H,3-4H2,1-2H3;3H2,1-2H3. The smallest absolute Gasteiger partial charge is 0.302 e. The van der Waals surface area contributed by atoms with E-state index in [0.717, 1.165) is 13.1 Å². The summed E-state index contributed by atoms with van der Waals surface area (Å²) in [5.41, 5.74) is 1.32. The molecule has 0 saturated carbocycles. The summed E-state index contributed by atoms with van der Waals surface area (Å²) in [5.74, 6) is -0.211. The van der Waals surface area contributed by atoms with Crippen LogP contribution in [0.5, 0.6) is 0 Å². The van der Waals surface area contributed by atoms with Gasteiger partial charge in [-0.1, -0.05) is 49.7 Å². The van der Waals surface area contributed by atoms with Gasteiger partial charge in [-0.2, -0.15) is 0 Å². The number of hydrogen-bond donors (Lipinski definition) is 1. The molecule has 3 nitrogen and oxygen atoms in total. The highest BCUT2D eigenvalue weighted by Crippen LogP contribution is 1.92. The van der Waals surface area contributed by atoms with Crippen molar-refractivity contribution in [3.63, 3.8) is 0 Å². The summed E-state index contributed by atoms with van der Waals surface area (Å²) in [6, 6.07) is 10.3. The maximum absolute atomic E-state index is 9.82. The minimum atomic E-state index is -0.211. The molecule has 0 aliphatic rings. The molecule has 0 spiro atoms. The number of benzene rings is 1. The molecule has 1 rings (SSSR count). The fraction of sp³-hybridized carbons (Fsp3) is 0.533. The van der Waals surface area contributed by atoms with Gasteiger partial charge >= 0.3 is 5.97 Å². The number of rotatable bonds is 3. The van der Waals surface area contributed by atoms with Gasteiger partial charge in [0.1, 0.15) is 0 Å². The second kappa shape index (κ2) is 15.6. The Morgan fingerprint density at radius 2 is 1.61 bits per heavy atom. The Morgan fingerprint density at radius 3 is 1.72 bits per heavy atom. The molecule has 0 fully saturated rings. The number of esters is 1. The summed E-state index contributed by atoms with van der Waals surface area (Å²) in [7, 11) is 0. The summed E-state index contributed by atoms with van der Waals surface area (Å²) in [5, 5.41) is 3.11. The normalized spacial score (nSPS) is 8.28. The highest BCUT2D eigenvalue weighted by Gasteiger charge is 1.81. The van der Waals surface area contributed by atoms with E-state index in [0.29, 0.717) is 6.61 Å². The van der Waals surface area contributed by atoms with Crippen molar-refractivity contribution in [2.45, 2.75) is 34.6 Å². The van der Waals surface area contributed by atoms with Crippen molar-refractivity contribution in [3.05, 3.63) is 35.9 Å². The molecular weight excluding hydrogens is 226 g/mol. The lowest BCUT2D eigenvalue weighted by Gasteiger charge is -1.89. The SMILES string of the molecule is CCNCC.CCOC(C)=O.Cc1ccccc1. The van der Waals surface area contributed by atoms with Crippen LogP contribution in [0.25, 0.3) is 0 Å². The second-order valence-electron chi connectivity index (χ2n) is 3.54. The van der Waals surface area contributed by atoms with Crippen LogP contribution < -0.4 is 5.32 Å². The van der Waals surface area contributed by atoms with Crippen LogP contribution >= 0.6 is 0 Å². The molecule has 0 aromatic heterocycles. The molecule has 0 radical (unpaired) electrons. The van der Waals surface area contributed by atoms with Crippen molar-refractivity contribution in [1.29, 1.82) is 0 Å². The van der Waals surface area contributed by atoms with Crippen LogP contribution in [0.15, 0.2) is 30.3 Å². The van der Waals surface area contributed by atoms with Gasteiger partial charge in [0.25, 0.3) is 0 Å². The average Bonchev–Trinajstić information content (AvgIpc) is 2.32. The maximum atomic E-state index is 9.82. The Labute approximate surface area is 112 Å². The third kappa shape index (κ3) is 20.1. The molecule has 0 heterocycles. The van der Waals surface area contributed by atoms with Gasteiger partial charge in [-0.25, -0.2) is 0 Å². The molecule has 1 aromatic carbocycles. The van der Waals surface area contributed by atoms with E-state index in [1.165, 1.54) is 12.5 Å². The Hall–Kier alpha value is -1.35. The van der Waals surface area contributed by atoms with E-state index >= 15 is 0 Å². The van der Waals surface area contributed by atoms with E-state index in [-0.39, 0.29) is 5.97 Å². The lowest BCUT2D eigenvalue weighted by atomic mass is 10.2. The first-order chi connectivity index (χ1) is 8.58. The van der Waals surface area contributed by atoms with Crippen LogP contribution in [-0.2, 0) is 9.53 Å². The zero-order valence-corrected chi connectivity index (χ0v) is 12.3. The average molecular weight is 253 g/mol. The topological polar surface area (TPSA) is 38.3 Å². The molecule has 0 amide bonds. The summed E-state index contributed by atoms with van der Waals surface area (Å²) < 4.78 is 4.40. The predicted octanol–water partition coefficient (Wildman–Crippen LogP) is 3.18. The monoisotopic (exact) mass is 253 g/mol. The molecule has 0 unspecified atom stereocenters. The van der Waals surface area contributed by atoms with Gasteiger partial charge in [-0.3, -0.25) is 4.79 Å². The molecular formula is C15H27NO2. The second-order valence-corrected chi connectivity index (χ2v) is 3.54. The van der Waals surface area contributed by atoms with E-state index in [4.69, 9.17) is 0 Å². The van der Waals surface area contributed by atoms with Crippen molar-refractivity contribution in [2.24, 2.45) is 0 Å². The molecule has 104 valence electrons. The molecule has 0 aliphatic heterocycles. The molecule has 0 atom stereocenters. The Morgan fingerprint density at radius 1 is 1.11 bits per heavy atom. The van der Waals surface area contributed by atoms with E-state index in [2.05, 4.69) is 43.0 Å². The van der Waals surface area contributed by atoms with Crippen molar-refractivity contribution >= 4 is 5.97 Å².